The third kappa shape index (κ3) is 4.97. The lowest BCUT2D eigenvalue weighted by Gasteiger charge is -2.08. The monoisotopic (exact) mass is 394 g/mol. The fourth-order valence-electron chi connectivity index (χ4n) is 2.81. The molecule has 2 N–H and O–H groups in total. The first-order valence-electron chi connectivity index (χ1n) is 8.40. The number of amides is 2. The zero-order chi connectivity index (χ0) is 19.4. The van der Waals surface area contributed by atoms with Gasteiger partial charge in [-0.3, -0.25) is 20.4 Å². The Bertz CT molecular complexity index is 864. The molecule has 0 bridgehead atoms. The molecule has 1 aromatic carbocycles. The van der Waals surface area contributed by atoms with Crippen LogP contribution in [0.3, 0.4) is 0 Å². The molecule has 1 aromatic heterocycles. The van der Waals surface area contributed by atoms with Gasteiger partial charge in [-0.25, -0.2) is 0 Å². The van der Waals surface area contributed by atoms with Gasteiger partial charge in [0.05, 0.1) is 10.4 Å². The SMILES string of the molecule is O=C(C=Cc1cccc(C(F)(F)F)c1)NNC(=O)c1cc2c(s1)CCCC2. The number of nitrogens with one attached hydrogen (secondary N) is 2. The van der Waals surface area contributed by atoms with Gasteiger partial charge in [-0.15, -0.1) is 11.3 Å². The summed E-state index contributed by atoms with van der Waals surface area (Å²) in [5.74, 6) is -1.04. The lowest BCUT2D eigenvalue weighted by Crippen LogP contribution is -2.40. The van der Waals surface area contributed by atoms with Gasteiger partial charge >= 0.3 is 6.18 Å². The first-order valence-corrected chi connectivity index (χ1v) is 9.22. The lowest BCUT2D eigenvalue weighted by molar-refractivity contribution is -0.137. The highest BCUT2D eigenvalue weighted by Crippen LogP contribution is 2.30. The van der Waals surface area contributed by atoms with Gasteiger partial charge in [-0.1, -0.05) is 12.1 Å². The molecule has 3 rings (SSSR count). The molecule has 2 amide bonds. The summed E-state index contributed by atoms with van der Waals surface area (Å²) in [5.41, 5.74) is 5.19. The van der Waals surface area contributed by atoms with Crippen LogP contribution in [0.1, 0.15) is 44.1 Å². The van der Waals surface area contributed by atoms with Gasteiger partial charge in [0.25, 0.3) is 11.8 Å². The summed E-state index contributed by atoms with van der Waals surface area (Å²) in [6.45, 7) is 0. The van der Waals surface area contributed by atoms with Crippen molar-refractivity contribution in [3.05, 3.63) is 62.9 Å². The minimum atomic E-state index is -4.44. The normalized spacial score (nSPS) is 14.0. The Labute approximate surface area is 158 Å². The molecule has 8 heteroatoms. The summed E-state index contributed by atoms with van der Waals surface area (Å²) in [4.78, 5) is 25.7. The Morgan fingerprint density at radius 3 is 2.59 bits per heavy atom. The maximum Gasteiger partial charge on any atom is 0.416 e. The summed E-state index contributed by atoms with van der Waals surface area (Å²) >= 11 is 1.42. The van der Waals surface area contributed by atoms with Crippen LogP contribution in [0, 0.1) is 0 Å². The van der Waals surface area contributed by atoms with E-state index in [1.807, 2.05) is 6.07 Å². The highest BCUT2D eigenvalue weighted by atomic mass is 32.1. The summed E-state index contributed by atoms with van der Waals surface area (Å²) < 4.78 is 38.0. The molecular weight excluding hydrogens is 377 g/mol. The third-order valence-corrected chi connectivity index (χ3v) is 5.40. The lowest BCUT2D eigenvalue weighted by atomic mass is 9.99. The smallest absolute Gasteiger partial charge is 0.268 e. The number of fused-ring (bicyclic) bond motifs is 1. The van der Waals surface area contributed by atoms with E-state index in [1.54, 1.807) is 0 Å². The van der Waals surface area contributed by atoms with E-state index in [0.29, 0.717) is 4.88 Å². The van der Waals surface area contributed by atoms with Crippen molar-refractivity contribution in [3.8, 4) is 0 Å². The molecule has 0 radical (unpaired) electrons. The molecule has 0 saturated heterocycles. The van der Waals surface area contributed by atoms with Crippen LogP contribution in [0.25, 0.3) is 6.08 Å². The molecule has 1 heterocycles. The number of hydrazine groups is 1. The number of thiophene rings is 1. The summed E-state index contributed by atoms with van der Waals surface area (Å²) in [6.07, 6.45) is 2.04. The molecule has 27 heavy (non-hydrogen) atoms. The van der Waals surface area contributed by atoms with Crippen molar-refractivity contribution in [2.24, 2.45) is 0 Å². The zero-order valence-electron chi connectivity index (χ0n) is 14.2. The van der Waals surface area contributed by atoms with Crippen molar-refractivity contribution in [2.75, 3.05) is 0 Å². The van der Waals surface area contributed by atoms with E-state index < -0.39 is 23.6 Å². The second-order valence-electron chi connectivity index (χ2n) is 6.17. The molecule has 0 unspecified atom stereocenters. The molecule has 2 aromatic rings. The first kappa shape index (κ1) is 19.2. The van der Waals surface area contributed by atoms with Crippen LogP contribution in [-0.4, -0.2) is 11.8 Å². The number of hydrogen-bond acceptors (Lipinski definition) is 3. The molecule has 0 spiro atoms. The van der Waals surface area contributed by atoms with Crippen molar-refractivity contribution < 1.29 is 22.8 Å². The number of hydrogen-bond donors (Lipinski definition) is 2. The van der Waals surface area contributed by atoms with Crippen molar-refractivity contribution in [1.82, 2.24) is 10.9 Å². The molecule has 0 fully saturated rings. The van der Waals surface area contributed by atoms with Gasteiger partial charge in [0.2, 0.25) is 0 Å². The predicted octanol–water partition coefficient (Wildman–Crippen LogP) is 4.12. The fourth-order valence-corrected chi connectivity index (χ4v) is 3.96. The van der Waals surface area contributed by atoms with Crippen molar-refractivity contribution in [2.45, 2.75) is 31.9 Å². The second kappa shape index (κ2) is 7.96. The summed E-state index contributed by atoms with van der Waals surface area (Å²) in [6, 6.07) is 6.46. The van der Waals surface area contributed by atoms with Crippen LogP contribution in [-0.2, 0) is 23.8 Å². The molecule has 0 atom stereocenters. The van der Waals surface area contributed by atoms with Gasteiger partial charge < -0.3 is 0 Å². The van der Waals surface area contributed by atoms with Crippen LogP contribution >= 0.6 is 11.3 Å². The van der Waals surface area contributed by atoms with Gasteiger partial charge in [-0.05, 0) is 61.1 Å². The standard InChI is InChI=1S/C19H17F3N2O2S/c20-19(21,22)14-6-3-4-12(10-14)8-9-17(25)23-24-18(26)16-11-13-5-1-2-7-15(13)27-16/h3-4,6,8-11H,1-2,5,7H2,(H,23,25)(H,24,26). The fraction of sp³-hybridized carbons (Fsp3) is 0.263. The topological polar surface area (TPSA) is 58.2 Å². The Morgan fingerprint density at radius 1 is 1.07 bits per heavy atom. The Kier molecular flexibility index (Phi) is 5.65. The number of halogens is 3. The largest absolute Gasteiger partial charge is 0.416 e. The predicted molar refractivity (Wildman–Crippen MR) is 97.0 cm³/mol. The number of carbonyl (C=O) groups excluding carboxylic acids is 2. The van der Waals surface area contributed by atoms with Crippen molar-refractivity contribution in [1.29, 1.82) is 0 Å². The average molecular weight is 394 g/mol. The van der Waals surface area contributed by atoms with Gasteiger partial charge in [0.15, 0.2) is 0 Å². The van der Waals surface area contributed by atoms with Crippen LogP contribution in [0.5, 0.6) is 0 Å². The van der Waals surface area contributed by atoms with Crippen LogP contribution in [0.4, 0.5) is 13.2 Å². The van der Waals surface area contributed by atoms with E-state index in [1.165, 1.54) is 40.0 Å². The van der Waals surface area contributed by atoms with Gasteiger partial charge in [0, 0.05) is 11.0 Å². The third-order valence-electron chi connectivity index (χ3n) is 4.16. The maximum atomic E-state index is 12.7. The molecule has 142 valence electrons. The van der Waals surface area contributed by atoms with E-state index in [2.05, 4.69) is 10.9 Å². The minimum absolute atomic E-state index is 0.234. The molecule has 1 aliphatic rings. The van der Waals surface area contributed by atoms with E-state index in [4.69, 9.17) is 0 Å². The van der Waals surface area contributed by atoms with Crippen molar-refractivity contribution >= 4 is 29.2 Å². The number of carbonyl (C=O) groups is 2. The average Bonchev–Trinajstić information content (AvgIpc) is 3.08. The van der Waals surface area contributed by atoms with Crippen LogP contribution < -0.4 is 10.9 Å². The molecule has 4 nitrogen and oxygen atoms in total. The first-order chi connectivity index (χ1) is 12.8. The number of aryl methyl sites for hydroxylation is 2. The summed E-state index contributed by atoms with van der Waals surface area (Å²) in [5, 5.41) is 0. The highest BCUT2D eigenvalue weighted by Gasteiger charge is 2.30. The molecule has 1 aliphatic carbocycles. The van der Waals surface area contributed by atoms with E-state index in [-0.39, 0.29) is 5.56 Å². The summed E-state index contributed by atoms with van der Waals surface area (Å²) in [7, 11) is 0. The van der Waals surface area contributed by atoms with Crippen LogP contribution in [0.15, 0.2) is 36.4 Å². The Balaban J connectivity index is 1.56. The second-order valence-corrected chi connectivity index (χ2v) is 7.30. The minimum Gasteiger partial charge on any atom is -0.268 e. The molecular formula is C19H17F3N2O2S. The number of benzene rings is 1. The maximum absolute atomic E-state index is 12.7. The number of alkyl halides is 3. The molecule has 0 saturated carbocycles. The van der Waals surface area contributed by atoms with Crippen LogP contribution in [0.2, 0.25) is 0 Å². The quantitative estimate of drug-likeness (QED) is 0.608. The number of rotatable bonds is 3. The van der Waals surface area contributed by atoms with E-state index in [9.17, 15) is 22.8 Å². The Hall–Kier alpha value is -2.61. The van der Waals surface area contributed by atoms with E-state index >= 15 is 0 Å². The van der Waals surface area contributed by atoms with Gasteiger partial charge in [-0.2, -0.15) is 13.2 Å². The molecule has 0 aliphatic heterocycles. The Morgan fingerprint density at radius 2 is 1.85 bits per heavy atom. The van der Waals surface area contributed by atoms with Gasteiger partial charge in [0.1, 0.15) is 0 Å². The van der Waals surface area contributed by atoms with Crippen molar-refractivity contribution in [3.63, 3.8) is 0 Å². The van der Waals surface area contributed by atoms with E-state index in [0.717, 1.165) is 43.9 Å². The highest BCUT2D eigenvalue weighted by molar-refractivity contribution is 7.14. The zero-order valence-corrected chi connectivity index (χ0v) is 15.0.